The van der Waals surface area contributed by atoms with Crippen LogP contribution in [0.15, 0.2) is 108 Å². The third-order valence-corrected chi connectivity index (χ3v) is 7.11. The Hall–Kier alpha value is -4.14. The molecule has 190 valence electrons. The monoisotopic (exact) mass is 515 g/mol. The van der Waals surface area contributed by atoms with E-state index < -0.39 is 10.0 Å². The number of nitrogens with one attached hydrogen (secondary N) is 2. The van der Waals surface area contributed by atoms with Gasteiger partial charge >= 0.3 is 6.03 Å². The standard InChI is InChI=1S/C29H29N3O4S/c1-22-8-12-24(13-9-22)31-29(33)32(21-20-30-37(34,35)28-18-10-23(2)11-19-28)25-14-16-27(17-15-25)36-26-6-4-3-5-7-26/h3-19,30H,20-21H2,1-2H3,(H,31,33). The number of urea groups is 1. The Morgan fingerprint density at radius 2 is 1.32 bits per heavy atom. The lowest BCUT2D eigenvalue weighted by Gasteiger charge is -2.24. The zero-order valence-corrected chi connectivity index (χ0v) is 21.5. The van der Waals surface area contributed by atoms with E-state index in [0.29, 0.717) is 22.9 Å². The van der Waals surface area contributed by atoms with Crippen LogP contribution in [0.4, 0.5) is 16.2 Å². The van der Waals surface area contributed by atoms with Gasteiger partial charge in [0.2, 0.25) is 10.0 Å². The summed E-state index contributed by atoms with van der Waals surface area (Å²) in [5.41, 5.74) is 3.29. The van der Waals surface area contributed by atoms with E-state index >= 15 is 0 Å². The summed E-state index contributed by atoms with van der Waals surface area (Å²) in [7, 11) is -3.71. The molecule has 0 bridgehead atoms. The number of para-hydroxylation sites is 1. The SMILES string of the molecule is Cc1ccc(NC(=O)N(CCNS(=O)(=O)c2ccc(C)cc2)c2ccc(Oc3ccccc3)cc2)cc1. The molecule has 0 heterocycles. The third-order valence-electron chi connectivity index (χ3n) is 5.63. The molecule has 0 aliphatic heterocycles. The summed E-state index contributed by atoms with van der Waals surface area (Å²) in [5, 5.41) is 2.89. The minimum absolute atomic E-state index is 0.0276. The molecule has 8 heteroatoms. The molecule has 7 nitrogen and oxygen atoms in total. The summed E-state index contributed by atoms with van der Waals surface area (Å²) in [5.74, 6) is 1.32. The average molecular weight is 516 g/mol. The van der Waals surface area contributed by atoms with Gasteiger partial charge in [0.15, 0.2) is 0 Å². The summed E-state index contributed by atoms with van der Waals surface area (Å²) in [6.45, 7) is 4.00. The van der Waals surface area contributed by atoms with Crippen LogP contribution in [0.3, 0.4) is 0 Å². The summed E-state index contributed by atoms with van der Waals surface area (Å²) in [6, 6.07) is 30.2. The van der Waals surface area contributed by atoms with Crippen LogP contribution in [-0.4, -0.2) is 27.5 Å². The lowest BCUT2D eigenvalue weighted by atomic mass is 10.2. The van der Waals surface area contributed by atoms with E-state index in [1.54, 1.807) is 48.5 Å². The fourth-order valence-corrected chi connectivity index (χ4v) is 4.61. The number of nitrogens with zero attached hydrogens (tertiary/aromatic N) is 1. The van der Waals surface area contributed by atoms with Gasteiger partial charge in [0, 0.05) is 24.5 Å². The number of carbonyl (C=O) groups is 1. The van der Waals surface area contributed by atoms with E-state index in [0.717, 1.165) is 11.1 Å². The first kappa shape index (κ1) is 25.9. The highest BCUT2D eigenvalue weighted by atomic mass is 32.2. The molecule has 0 aliphatic carbocycles. The highest BCUT2D eigenvalue weighted by molar-refractivity contribution is 7.89. The fraction of sp³-hybridized carbons (Fsp3) is 0.138. The molecule has 0 fully saturated rings. The maximum Gasteiger partial charge on any atom is 0.326 e. The molecule has 2 amide bonds. The molecule has 0 saturated heterocycles. The minimum atomic E-state index is -3.71. The Morgan fingerprint density at radius 1 is 0.757 bits per heavy atom. The predicted octanol–water partition coefficient (Wildman–Crippen LogP) is 6.11. The van der Waals surface area contributed by atoms with Crippen molar-refractivity contribution >= 4 is 27.4 Å². The Balaban J connectivity index is 1.49. The highest BCUT2D eigenvalue weighted by Crippen LogP contribution is 2.25. The molecule has 0 radical (unpaired) electrons. The molecule has 0 atom stereocenters. The molecule has 0 spiro atoms. The first-order valence-corrected chi connectivity index (χ1v) is 13.3. The number of amides is 2. The Bertz CT molecular complexity index is 1420. The molecule has 0 saturated carbocycles. The number of hydrogen-bond acceptors (Lipinski definition) is 4. The van der Waals surface area contributed by atoms with Crippen molar-refractivity contribution in [1.29, 1.82) is 0 Å². The number of sulfonamides is 1. The van der Waals surface area contributed by atoms with Crippen molar-refractivity contribution in [2.24, 2.45) is 0 Å². The second-order valence-electron chi connectivity index (χ2n) is 8.57. The van der Waals surface area contributed by atoms with Gasteiger partial charge < -0.3 is 10.1 Å². The number of aryl methyl sites for hydroxylation is 2. The van der Waals surface area contributed by atoms with Crippen LogP contribution < -0.4 is 19.7 Å². The topological polar surface area (TPSA) is 87.7 Å². The normalized spacial score (nSPS) is 11.1. The molecule has 0 aliphatic rings. The first-order valence-electron chi connectivity index (χ1n) is 11.8. The van der Waals surface area contributed by atoms with E-state index in [1.807, 2.05) is 68.4 Å². The Morgan fingerprint density at radius 3 is 1.95 bits per heavy atom. The first-order chi connectivity index (χ1) is 17.8. The molecule has 4 rings (SSSR count). The van der Waals surface area contributed by atoms with Crippen LogP contribution in [-0.2, 0) is 10.0 Å². The Labute approximate surface area is 217 Å². The van der Waals surface area contributed by atoms with Crippen LogP contribution in [0.5, 0.6) is 11.5 Å². The quantitative estimate of drug-likeness (QED) is 0.281. The van der Waals surface area contributed by atoms with Gasteiger partial charge in [-0.15, -0.1) is 0 Å². The van der Waals surface area contributed by atoms with Crippen LogP contribution in [0.25, 0.3) is 0 Å². The highest BCUT2D eigenvalue weighted by Gasteiger charge is 2.19. The van der Waals surface area contributed by atoms with Gasteiger partial charge in [-0.25, -0.2) is 17.9 Å². The lowest BCUT2D eigenvalue weighted by Crippen LogP contribution is -2.41. The zero-order chi connectivity index (χ0) is 26.3. The van der Waals surface area contributed by atoms with E-state index in [9.17, 15) is 13.2 Å². The molecule has 2 N–H and O–H groups in total. The molecule has 37 heavy (non-hydrogen) atoms. The van der Waals surface area contributed by atoms with Crippen molar-refractivity contribution in [2.45, 2.75) is 18.7 Å². The van der Waals surface area contributed by atoms with Crippen molar-refractivity contribution in [2.75, 3.05) is 23.3 Å². The van der Waals surface area contributed by atoms with Crippen LogP contribution in [0, 0.1) is 13.8 Å². The van der Waals surface area contributed by atoms with Gasteiger partial charge in [0.25, 0.3) is 0 Å². The van der Waals surface area contributed by atoms with Crippen molar-refractivity contribution in [3.8, 4) is 11.5 Å². The van der Waals surface area contributed by atoms with Crippen LogP contribution in [0.1, 0.15) is 11.1 Å². The summed E-state index contributed by atoms with van der Waals surface area (Å²) in [6.07, 6.45) is 0. The van der Waals surface area contributed by atoms with E-state index in [1.165, 1.54) is 4.90 Å². The second-order valence-corrected chi connectivity index (χ2v) is 10.3. The van der Waals surface area contributed by atoms with Gasteiger partial charge in [-0.2, -0.15) is 0 Å². The van der Waals surface area contributed by atoms with Crippen molar-refractivity contribution in [3.05, 3.63) is 114 Å². The van der Waals surface area contributed by atoms with Gasteiger partial charge in [0.05, 0.1) is 4.90 Å². The van der Waals surface area contributed by atoms with Crippen molar-refractivity contribution < 1.29 is 17.9 Å². The molecular weight excluding hydrogens is 486 g/mol. The van der Waals surface area contributed by atoms with Gasteiger partial charge in [0.1, 0.15) is 11.5 Å². The third kappa shape index (κ3) is 7.19. The van der Waals surface area contributed by atoms with Crippen molar-refractivity contribution in [1.82, 2.24) is 4.72 Å². The second kappa shape index (κ2) is 11.7. The number of ether oxygens (including phenoxy) is 1. The largest absolute Gasteiger partial charge is 0.457 e. The number of hydrogen-bond donors (Lipinski definition) is 2. The van der Waals surface area contributed by atoms with Gasteiger partial charge in [-0.05, 0) is 74.5 Å². The molecule has 0 aromatic heterocycles. The van der Waals surface area contributed by atoms with E-state index in [2.05, 4.69) is 10.0 Å². The number of benzene rings is 4. The summed E-state index contributed by atoms with van der Waals surface area (Å²) in [4.78, 5) is 14.9. The van der Waals surface area contributed by atoms with Crippen molar-refractivity contribution in [3.63, 3.8) is 0 Å². The summed E-state index contributed by atoms with van der Waals surface area (Å²) >= 11 is 0. The number of carbonyl (C=O) groups excluding carboxylic acids is 1. The molecular formula is C29H29N3O4S. The van der Waals surface area contributed by atoms with Gasteiger partial charge in [-0.1, -0.05) is 53.6 Å². The maximum atomic E-state index is 13.2. The summed E-state index contributed by atoms with van der Waals surface area (Å²) < 4.78 is 33.9. The minimum Gasteiger partial charge on any atom is -0.457 e. The number of anilines is 2. The molecule has 0 unspecified atom stereocenters. The van der Waals surface area contributed by atoms with Crippen LogP contribution >= 0.6 is 0 Å². The predicted molar refractivity (Wildman–Crippen MR) is 147 cm³/mol. The molecule has 4 aromatic rings. The lowest BCUT2D eigenvalue weighted by molar-refractivity contribution is 0.257. The Kier molecular flexibility index (Phi) is 8.22. The van der Waals surface area contributed by atoms with E-state index in [4.69, 9.17) is 4.74 Å². The average Bonchev–Trinajstić information content (AvgIpc) is 2.89. The fourth-order valence-electron chi connectivity index (χ4n) is 3.59. The van der Waals surface area contributed by atoms with E-state index in [-0.39, 0.29) is 24.0 Å². The molecule has 4 aromatic carbocycles. The smallest absolute Gasteiger partial charge is 0.326 e. The number of rotatable bonds is 9. The van der Waals surface area contributed by atoms with Crippen LogP contribution in [0.2, 0.25) is 0 Å². The maximum absolute atomic E-state index is 13.2. The van der Waals surface area contributed by atoms with Gasteiger partial charge in [-0.3, -0.25) is 4.90 Å². The zero-order valence-electron chi connectivity index (χ0n) is 20.7.